The third-order valence-corrected chi connectivity index (χ3v) is 3.92. The normalized spacial score (nSPS) is 15.8. The molecule has 1 fully saturated rings. The quantitative estimate of drug-likeness (QED) is 0.660. The summed E-state index contributed by atoms with van der Waals surface area (Å²) in [7, 11) is 0. The lowest BCUT2D eigenvalue weighted by Crippen LogP contribution is -2.11. The number of hydrogen-bond acceptors (Lipinski definition) is 6. The van der Waals surface area contributed by atoms with Crippen LogP contribution in [-0.4, -0.2) is 15.1 Å². The smallest absolute Gasteiger partial charge is 0.167 e. The number of hydrazine groups is 1. The third kappa shape index (κ3) is 2.27. The summed E-state index contributed by atoms with van der Waals surface area (Å²) < 4.78 is 5.21. The zero-order valence-electron chi connectivity index (χ0n) is 11.8. The Kier molecular flexibility index (Phi) is 3.40. The second-order valence-corrected chi connectivity index (χ2v) is 5.33. The maximum absolute atomic E-state index is 5.54. The number of hydrogen-bond donors (Lipinski definition) is 2. The lowest BCUT2D eigenvalue weighted by Gasteiger charge is -2.12. The van der Waals surface area contributed by atoms with Crippen molar-refractivity contribution in [3.05, 3.63) is 23.2 Å². The molecule has 0 amide bonds. The van der Waals surface area contributed by atoms with Crippen LogP contribution in [0.1, 0.15) is 48.7 Å². The molecule has 0 bridgehead atoms. The fourth-order valence-electron chi connectivity index (χ4n) is 2.88. The van der Waals surface area contributed by atoms with E-state index in [-0.39, 0.29) is 0 Å². The Morgan fingerprint density at radius 2 is 2.00 bits per heavy atom. The molecular weight excluding hydrogens is 254 g/mol. The van der Waals surface area contributed by atoms with E-state index in [0.717, 1.165) is 22.7 Å². The van der Waals surface area contributed by atoms with E-state index in [2.05, 4.69) is 15.6 Å². The number of nitrogens with one attached hydrogen (secondary N) is 1. The first-order valence-electron chi connectivity index (χ1n) is 6.98. The summed E-state index contributed by atoms with van der Waals surface area (Å²) in [6.45, 7) is 3.77. The van der Waals surface area contributed by atoms with Gasteiger partial charge in [0.1, 0.15) is 11.6 Å². The molecule has 20 heavy (non-hydrogen) atoms. The van der Waals surface area contributed by atoms with E-state index >= 15 is 0 Å². The summed E-state index contributed by atoms with van der Waals surface area (Å²) in [5, 5.41) is 3.97. The molecule has 0 aromatic carbocycles. The van der Waals surface area contributed by atoms with Crippen molar-refractivity contribution in [2.45, 2.75) is 45.4 Å². The lowest BCUT2D eigenvalue weighted by molar-refractivity contribution is 0.393. The van der Waals surface area contributed by atoms with Crippen LogP contribution in [0, 0.1) is 13.8 Å². The third-order valence-electron chi connectivity index (χ3n) is 3.92. The van der Waals surface area contributed by atoms with Crippen molar-refractivity contribution >= 4 is 5.82 Å². The monoisotopic (exact) mass is 273 g/mol. The van der Waals surface area contributed by atoms with Gasteiger partial charge in [-0.05, 0) is 26.7 Å². The highest BCUT2D eigenvalue weighted by molar-refractivity contribution is 5.62. The summed E-state index contributed by atoms with van der Waals surface area (Å²) in [6, 6.07) is 1.94. The van der Waals surface area contributed by atoms with E-state index in [9.17, 15) is 0 Å². The summed E-state index contributed by atoms with van der Waals surface area (Å²) in [5.74, 6) is 8.04. The van der Waals surface area contributed by atoms with Crippen LogP contribution in [0.4, 0.5) is 5.82 Å². The zero-order chi connectivity index (χ0) is 14.1. The van der Waals surface area contributed by atoms with Gasteiger partial charge in [-0.15, -0.1) is 0 Å². The highest BCUT2D eigenvalue weighted by Crippen LogP contribution is 2.35. The van der Waals surface area contributed by atoms with Crippen molar-refractivity contribution in [1.82, 2.24) is 15.1 Å². The molecule has 106 valence electrons. The number of aromatic nitrogens is 3. The summed E-state index contributed by atoms with van der Waals surface area (Å²) in [4.78, 5) is 9.16. The molecule has 6 heteroatoms. The van der Waals surface area contributed by atoms with Crippen LogP contribution in [-0.2, 0) is 0 Å². The Bertz CT molecular complexity index is 597. The molecule has 1 aliphatic carbocycles. The number of anilines is 1. The van der Waals surface area contributed by atoms with E-state index in [1.807, 2.05) is 19.9 Å². The van der Waals surface area contributed by atoms with E-state index in [0.29, 0.717) is 17.6 Å². The van der Waals surface area contributed by atoms with Crippen LogP contribution >= 0.6 is 0 Å². The van der Waals surface area contributed by atoms with Gasteiger partial charge in [-0.2, -0.15) is 0 Å². The Morgan fingerprint density at radius 1 is 1.25 bits per heavy atom. The van der Waals surface area contributed by atoms with Crippen molar-refractivity contribution in [3.63, 3.8) is 0 Å². The molecule has 1 aliphatic rings. The molecule has 0 aliphatic heterocycles. The second-order valence-electron chi connectivity index (χ2n) is 5.33. The van der Waals surface area contributed by atoms with E-state index < -0.39 is 0 Å². The van der Waals surface area contributed by atoms with Crippen LogP contribution in [0.3, 0.4) is 0 Å². The first kappa shape index (κ1) is 13.1. The molecule has 0 spiro atoms. The van der Waals surface area contributed by atoms with Gasteiger partial charge in [-0.1, -0.05) is 18.0 Å². The minimum atomic E-state index is 0.504. The maximum atomic E-state index is 5.54. The average Bonchev–Trinajstić information content (AvgIpc) is 3.09. The van der Waals surface area contributed by atoms with E-state index in [1.165, 1.54) is 25.7 Å². The Balaban J connectivity index is 2.08. The van der Waals surface area contributed by atoms with Crippen LogP contribution in [0.15, 0.2) is 10.6 Å². The van der Waals surface area contributed by atoms with Gasteiger partial charge in [-0.25, -0.2) is 15.8 Å². The minimum Gasteiger partial charge on any atom is -0.361 e. The van der Waals surface area contributed by atoms with Gasteiger partial charge in [0.25, 0.3) is 0 Å². The molecule has 0 saturated heterocycles. The number of nitrogen functional groups attached to an aromatic ring is 1. The predicted molar refractivity (Wildman–Crippen MR) is 76.0 cm³/mol. The van der Waals surface area contributed by atoms with Gasteiger partial charge in [0, 0.05) is 17.7 Å². The number of rotatable bonds is 3. The molecule has 6 nitrogen and oxygen atoms in total. The highest BCUT2D eigenvalue weighted by Gasteiger charge is 2.22. The first-order valence-corrected chi connectivity index (χ1v) is 6.98. The Morgan fingerprint density at radius 3 is 2.60 bits per heavy atom. The first-order chi connectivity index (χ1) is 9.69. The summed E-state index contributed by atoms with van der Waals surface area (Å²) >= 11 is 0. The topological polar surface area (TPSA) is 89.9 Å². The Hall–Kier alpha value is -1.95. The molecule has 2 aromatic rings. The molecule has 0 unspecified atom stereocenters. The van der Waals surface area contributed by atoms with Crippen molar-refractivity contribution < 1.29 is 4.52 Å². The number of nitrogens with two attached hydrogens (primary N) is 1. The van der Waals surface area contributed by atoms with E-state index in [1.54, 1.807) is 0 Å². The van der Waals surface area contributed by atoms with Gasteiger partial charge in [0.05, 0.1) is 11.3 Å². The molecule has 0 radical (unpaired) electrons. The van der Waals surface area contributed by atoms with Gasteiger partial charge < -0.3 is 9.95 Å². The summed E-state index contributed by atoms with van der Waals surface area (Å²) in [5.41, 5.74) is 5.35. The van der Waals surface area contributed by atoms with Gasteiger partial charge >= 0.3 is 0 Å². The molecule has 3 rings (SSSR count). The minimum absolute atomic E-state index is 0.504. The molecule has 3 N–H and O–H groups in total. The molecule has 2 heterocycles. The molecule has 2 aromatic heterocycles. The predicted octanol–water partition coefficient (Wildman–Crippen LogP) is 2.69. The Labute approximate surface area is 117 Å². The van der Waals surface area contributed by atoms with Crippen molar-refractivity contribution in [2.75, 3.05) is 5.43 Å². The number of aryl methyl sites for hydroxylation is 2. The standard InChI is InChI=1S/C14H19N5O/c1-8-13(9(2)20-19-8)14-16-11(7-12(17-14)18-15)10-5-3-4-6-10/h7,10H,3-6,15H2,1-2H3,(H,16,17,18). The average molecular weight is 273 g/mol. The van der Waals surface area contributed by atoms with E-state index in [4.69, 9.17) is 15.3 Å². The van der Waals surface area contributed by atoms with Crippen molar-refractivity contribution in [3.8, 4) is 11.4 Å². The number of nitrogens with zero attached hydrogens (tertiary/aromatic N) is 3. The highest BCUT2D eigenvalue weighted by atomic mass is 16.5. The van der Waals surface area contributed by atoms with Crippen LogP contribution in [0.5, 0.6) is 0 Å². The van der Waals surface area contributed by atoms with Crippen molar-refractivity contribution in [2.24, 2.45) is 5.84 Å². The fraction of sp³-hybridized carbons (Fsp3) is 0.500. The second kappa shape index (κ2) is 5.20. The van der Waals surface area contributed by atoms with Crippen molar-refractivity contribution in [1.29, 1.82) is 0 Å². The van der Waals surface area contributed by atoms with Crippen LogP contribution in [0.2, 0.25) is 0 Å². The van der Waals surface area contributed by atoms with Gasteiger partial charge in [-0.3, -0.25) is 0 Å². The SMILES string of the molecule is Cc1noc(C)c1-c1nc(NN)cc(C2CCCC2)n1. The van der Waals surface area contributed by atoms with Gasteiger partial charge in [0.2, 0.25) is 0 Å². The van der Waals surface area contributed by atoms with Crippen LogP contribution < -0.4 is 11.3 Å². The largest absolute Gasteiger partial charge is 0.361 e. The molecule has 1 saturated carbocycles. The molecule has 0 atom stereocenters. The fourth-order valence-corrected chi connectivity index (χ4v) is 2.88. The lowest BCUT2D eigenvalue weighted by atomic mass is 10.0. The maximum Gasteiger partial charge on any atom is 0.167 e. The van der Waals surface area contributed by atoms with Gasteiger partial charge in [0.15, 0.2) is 5.82 Å². The summed E-state index contributed by atoms with van der Waals surface area (Å²) in [6.07, 6.45) is 4.89. The van der Waals surface area contributed by atoms with Crippen LogP contribution in [0.25, 0.3) is 11.4 Å². The molecular formula is C14H19N5O. The zero-order valence-corrected chi connectivity index (χ0v) is 11.8.